The van der Waals surface area contributed by atoms with Crippen LogP contribution in [0.4, 0.5) is 5.82 Å². The Kier molecular flexibility index (Phi) is 4.49. The molecule has 2 aromatic rings. The maximum absolute atomic E-state index is 5.98. The molecule has 0 aliphatic heterocycles. The van der Waals surface area contributed by atoms with Crippen LogP contribution < -0.4 is 5.32 Å². The first-order chi connectivity index (χ1) is 8.69. The zero-order valence-electron chi connectivity index (χ0n) is 10.4. The Morgan fingerprint density at radius 3 is 2.89 bits per heavy atom. The van der Waals surface area contributed by atoms with Crippen molar-refractivity contribution in [1.29, 1.82) is 0 Å². The molecule has 0 saturated heterocycles. The molecule has 0 amide bonds. The third-order valence-electron chi connectivity index (χ3n) is 2.49. The Labute approximate surface area is 115 Å². The Morgan fingerprint density at radius 2 is 2.22 bits per heavy atom. The lowest BCUT2D eigenvalue weighted by Crippen LogP contribution is -2.04. The Bertz CT molecular complexity index is 527. The maximum Gasteiger partial charge on any atom is 0.134 e. The summed E-state index contributed by atoms with van der Waals surface area (Å²) in [5.74, 6) is 1.56. The van der Waals surface area contributed by atoms with Crippen molar-refractivity contribution in [2.75, 3.05) is 5.32 Å². The van der Waals surface area contributed by atoms with Gasteiger partial charge in [0.2, 0.25) is 0 Å². The molecule has 0 aromatic carbocycles. The van der Waals surface area contributed by atoms with Crippen LogP contribution in [0.1, 0.15) is 29.7 Å². The monoisotopic (exact) mass is 282 g/mol. The van der Waals surface area contributed by atoms with Gasteiger partial charge in [-0.3, -0.25) is 0 Å². The van der Waals surface area contributed by atoms with E-state index in [1.165, 1.54) is 4.88 Å². The van der Waals surface area contributed by atoms with Gasteiger partial charge in [0.25, 0.3) is 0 Å². The minimum Gasteiger partial charge on any atom is -0.365 e. The topological polar surface area (TPSA) is 50.7 Å². The lowest BCUT2D eigenvalue weighted by molar-refractivity contribution is 0.834. The smallest absolute Gasteiger partial charge is 0.134 e. The fourth-order valence-electron chi connectivity index (χ4n) is 1.56. The highest BCUT2D eigenvalue weighted by Gasteiger charge is 2.05. The number of nitrogens with one attached hydrogen (secondary N) is 1. The van der Waals surface area contributed by atoms with E-state index < -0.39 is 0 Å². The first kappa shape index (κ1) is 13.2. The number of thiazole rings is 1. The van der Waals surface area contributed by atoms with E-state index in [-0.39, 0.29) is 0 Å². The summed E-state index contributed by atoms with van der Waals surface area (Å²) in [7, 11) is 0. The highest BCUT2D eigenvalue weighted by atomic mass is 35.5. The second-order valence-electron chi connectivity index (χ2n) is 3.96. The number of anilines is 1. The molecular formula is C12H15ClN4S. The molecule has 0 bridgehead atoms. The summed E-state index contributed by atoms with van der Waals surface area (Å²) in [5, 5.41) is 3.75. The van der Waals surface area contributed by atoms with Crippen molar-refractivity contribution in [1.82, 2.24) is 15.0 Å². The van der Waals surface area contributed by atoms with Crippen molar-refractivity contribution in [2.24, 2.45) is 0 Å². The zero-order chi connectivity index (χ0) is 13.0. The van der Waals surface area contributed by atoms with Crippen molar-refractivity contribution in [3.05, 3.63) is 33.1 Å². The Hall–Kier alpha value is -1.20. The molecule has 96 valence electrons. The van der Waals surface area contributed by atoms with Gasteiger partial charge >= 0.3 is 0 Å². The van der Waals surface area contributed by atoms with Crippen LogP contribution in [0, 0.1) is 6.92 Å². The number of hydrogen-bond acceptors (Lipinski definition) is 5. The van der Waals surface area contributed by atoms with Gasteiger partial charge in [-0.25, -0.2) is 15.0 Å². The number of nitrogens with zero attached hydrogens (tertiary/aromatic N) is 3. The summed E-state index contributed by atoms with van der Waals surface area (Å²) in [5.41, 5.74) is 2.91. The average molecular weight is 283 g/mol. The lowest BCUT2D eigenvalue weighted by atomic mass is 10.3. The van der Waals surface area contributed by atoms with Crippen molar-refractivity contribution >= 4 is 28.8 Å². The van der Waals surface area contributed by atoms with Crippen LogP contribution in [0.3, 0.4) is 0 Å². The van der Waals surface area contributed by atoms with Crippen LogP contribution in [-0.2, 0) is 13.0 Å². The molecule has 0 atom stereocenters. The molecule has 2 heterocycles. The molecule has 18 heavy (non-hydrogen) atoms. The van der Waals surface area contributed by atoms with Crippen molar-refractivity contribution in [2.45, 2.75) is 33.2 Å². The standard InChI is InChI=1S/C12H15ClN4S/c1-3-4-11-16-10(13)5-12(17-11)14-6-9-8(2)15-7-18-9/h5,7H,3-4,6H2,1-2H3,(H,14,16,17). The molecule has 0 unspecified atom stereocenters. The summed E-state index contributed by atoms with van der Waals surface area (Å²) in [6.07, 6.45) is 1.85. The number of aryl methyl sites for hydroxylation is 2. The van der Waals surface area contributed by atoms with Gasteiger partial charge in [0.05, 0.1) is 17.7 Å². The fourth-order valence-corrected chi connectivity index (χ4v) is 2.48. The summed E-state index contributed by atoms with van der Waals surface area (Å²) >= 11 is 7.61. The van der Waals surface area contributed by atoms with E-state index in [1.807, 2.05) is 12.4 Å². The third kappa shape index (κ3) is 3.40. The van der Waals surface area contributed by atoms with E-state index in [9.17, 15) is 0 Å². The normalized spacial score (nSPS) is 10.6. The van der Waals surface area contributed by atoms with Gasteiger partial charge in [0.1, 0.15) is 16.8 Å². The second-order valence-corrected chi connectivity index (χ2v) is 5.28. The van der Waals surface area contributed by atoms with E-state index in [4.69, 9.17) is 11.6 Å². The fraction of sp³-hybridized carbons (Fsp3) is 0.417. The van der Waals surface area contributed by atoms with E-state index in [0.29, 0.717) is 5.15 Å². The van der Waals surface area contributed by atoms with Crippen LogP contribution in [0.2, 0.25) is 5.15 Å². The number of rotatable bonds is 5. The number of halogens is 1. The predicted molar refractivity (Wildman–Crippen MR) is 75.2 cm³/mol. The molecule has 2 aromatic heterocycles. The van der Waals surface area contributed by atoms with Crippen LogP contribution in [0.15, 0.2) is 11.6 Å². The van der Waals surface area contributed by atoms with Crippen molar-refractivity contribution in [3.63, 3.8) is 0 Å². The molecule has 0 saturated carbocycles. The van der Waals surface area contributed by atoms with Crippen molar-refractivity contribution < 1.29 is 0 Å². The minimum atomic E-state index is 0.483. The van der Waals surface area contributed by atoms with Gasteiger partial charge in [0, 0.05) is 17.4 Å². The van der Waals surface area contributed by atoms with Crippen LogP contribution in [0.5, 0.6) is 0 Å². The van der Waals surface area contributed by atoms with Gasteiger partial charge < -0.3 is 5.32 Å². The number of aromatic nitrogens is 3. The molecule has 0 radical (unpaired) electrons. The van der Waals surface area contributed by atoms with E-state index >= 15 is 0 Å². The maximum atomic E-state index is 5.98. The van der Waals surface area contributed by atoms with Gasteiger partial charge in [-0.2, -0.15) is 0 Å². The van der Waals surface area contributed by atoms with Gasteiger partial charge in [-0.05, 0) is 13.3 Å². The van der Waals surface area contributed by atoms with Crippen LogP contribution in [0.25, 0.3) is 0 Å². The Morgan fingerprint density at radius 1 is 1.39 bits per heavy atom. The molecule has 4 nitrogen and oxygen atoms in total. The van der Waals surface area contributed by atoms with Crippen molar-refractivity contribution in [3.8, 4) is 0 Å². The van der Waals surface area contributed by atoms with Gasteiger partial charge in [0.15, 0.2) is 0 Å². The molecular weight excluding hydrogens is 268 g/mol. The third-order valence-corrected chi connectivity index (χ3v) is 3.62. The largest absolute Gasteiger partial charge is 0.365 e. The zero-order valence-corrected chi connectivity index (χ0v) is 12.0. The van der Waals surface area contributed by atoms with E-state index in [2.05, 4.69) is 27.2 Å². The first-order valence-electron chi connectivity index (χ1n) is 5.85. The summed E-state index contributed by atoms with van der Waals surface area (Å²) < 4.78 is 0. The minimum absolute atomic E-state index is 0.483. The number of hydrogen-bond donors (Lipinski definition) is 1. The van der Waals surface area contributed by atoms with Gasteiger partial charge in [-0.15, -0.1) is 11.3 Å². The second kappa shape index (κ2) is 6.11. The van der Waals surface area contributed by atoms with E-state index in [1.54, 1.807) is 17.4 Å². The SMILES string of the molecule is CCCc1nc(Cl)cc(NCc2scnc2C)n1. The summed E-state index contributed by atoms with van der Waals surface area (Å²) in [6, 6.07) is 1.75. The quantitative estimate of drug-likeness (QED) is 0.853. The highest BCUT2D eigenvalue weighted by molar-refractivity contribution is 7.09. The highest BCUT2D eigenvalue weighted by Crippen LogP contribution is 2.16. The molecule has 1 N–H and O–H groups in total. The Balaban J connectivity index is 2.07. The molecule has 6 heteroatoms. The molecule has 0 aliphatic rings. The average Bonchev–Trinajstić information content (AvgIpc) is 2.72. The molecule has 0 fully saturated rings. The molecule has 2 rings (SSSR count). The molecule has 0 spiro atoms. The molecule has 0 aliphatic carbocycles. The summed E-state index contributed by atoms with van der Waals surface area (Å²) in [4.78, 5) is 14.0. The van der Waals surface area contributed by atoms with Crippen LogP contribution >= 0.6 is 22.9 Å². The van der Waals surface area contributed by atoms with Crippen LogP contribution in [-0.4, -0.2) is 15.0 Å². The predicted octanol–water partition coefficient (Wildman–Crippen LogP) is 3.46. The first-order valence-corrected chi connectivity index (χ1v) is 7.11. The van der Waals surface area contributed by atoms with E-state index in [0.717, 1.165) is 36.7 Å². The van der Waals surface area contributed by atoms with Gasteiger partial charge in [-0.1, -0.05) is 18.5 Å². The lowest BCUT2D eigenvalue weighted by Gasteiger charge is -2.06. The summed E-state index contributed by atoms with van der Waals surface area (Å²) in [6.45, 7) is 4.82.